The Labute approximate surface area is 320 Å². The van der Waals surface area contributed by atoms with Gasteiger partial charge in [-0.3, -0.25) is 19.2 Å². The van der Waals surface area contributed by atoms with E-state index in [1.807, 2.05) is 62.3 Å². The first kappa shape index (κ1) is 44.1. The van der Waals surface area contributed by atoms with Crippen molar-refractivity contribution < 1.29 is 32.4 Å². The van der Waals surface area contributed by atoms with Gasteiger partial charge < -0.3 is 26.2 Å². The Hall–Kier alpha value is -3.30. The van der Waals surface area contributed by atoms with E-state index in [1.165, 1.54) is 15.3 Å². The molecule has 298 valence electrons. The fourth-order valence-corrected chi connectivity index (χ4v) is 9.90. The molecule has 4 N–H and O–H groups in total. The number of nitrogens with zero attached hydrogens (tertiary/aromatic N) is 2. The molecule has 3 rings (SSSR count). The van der Waals surface area contributed by atoms with Crippen molar-refractivity contribution in [3.8, 4) is 0 Å². The lowest BCUT2D eigenvalue weighted by atomic mass is 9.85. The molecule has 1 aromatic rings. The van der Waals surface area contributed by atoms with Crippen molar-refractivity contribution in [3.05, 3.63) is 30.2 Å². The van der Waals surface area contributed by atoms with Crippen molar-refractivity contribution >= 4 is 50.9 Å². The van der Waals surface area contributed by atoms with Crippen molar-refractivity contribution in [1.82, 2.24) is 30.5 Å². The minimum absolute atomic E-state index is 0.000700. The number of fused-ring (bicyclic) bond motifs is 1. The molecule has 15 heteroatoms. The molecule has 1 saturated heterocycles. The highest BCUT2D eigenvalue weighted by Gasteiger charge is 2.70. The molecule has 2 fully saturated rings. The van der Waals surface area contributed by atoms with E-state index in [4.69, 9.17) is 0 Å². The summed E-state index contributed by atoms with van der Waals surface area (Å²) in [7, 11) is -3.84. The fraction of sp³-hybridized carbons (Fsp3) is 0.711. The van der Waals surface area contributed by atoms with Gasteiger partial charge >= 0.3 is 6.03 Å². The van der Waals surface area contributed by atoms with E-state index in [2.05, 4.69) is 27.8 Å². The number of piperidine rings is 1. The van der Waals surface area contributed by atoms with Crippen LogP contribution < -0.4 is 21.3 Å². The molecule has 2 heterocycles. The molecule has 5 amide bonds. The monoisotopic (exact) mass is 778 g/mol. The summed E-state index contributed by atoms with van der Waals surface area (Å²) in [5, 5.41) is 12.9. The number of likely N-dealkylation sites (tertiary alicyclic amines) is 1. The van der Waals surface area contributed by atoms with E-state index in [0.717, 1.165) is 17.8 Å². The molecular formula is C38H62N6O7S2. The molecule has 2 aliphatic rings. The molecule has 1 unspecified atom stereocenters. The first-order valence-electron chi connectivity index (χ1n) is 18.6. The Kier molecular flexibility index (Phi) is 14.2. The number of hydrogen-bond acceptors (Lipinski definition) is 8. The number of thiophene rings is 1. The molecule has 1 aliphatic heterocycles. The van der Waals surface area contributed by atoms with Gasteiger partial charge in [0.25, 0.3) is 15.9 Å². The lowest BCUT2D eigenvalue weighted by Gasteiger charge is -2.39. The van der Waals surface area contributed by atoms with Crippen LogP contribution in [0.2, 0.25) is 0 Å². The minimum atomic E-state index is -3.84. The van der Waals surface area contributed by atoms with Crippen LogP contribution in [-0.4, -0.2) is 97.0 Å². The zero-order valence-electron chi connectivity index (χ0n) is 33.4. The molecule has 0 bridgehead atoms. The predicted octanol–water partition coefficient (Wildman–Crippen LogP) is 4.31. The number of unbranched alkanes of at least 4 members (excludes halogenated alkanes) is 1. The smallest absolute Gasteiger partial charge is 0.315 e. The zero-order chi connectivity index (χ0) is 40.3. The van der Waals surface area contributed by atoms with Gasteiger partial charge in [-0.2, -0.15) is 4.31 Å². The second-order valence-electron chi connectivity index (χ2n) is 17.4. The van der Waals surface area contributed by atoms with E-state index >= 15 is 0 Å². The number of amides is 5. The number of hydrogen-bond donors (Lipinski definition) is 4. The maximum atomic E-state index is 14.5. The van der Waals surface area contributed by atoms with Crippen molar-refractivity contribution in [2.75, 3.05) is 19.6 Å². The summed E-state index contributed by atoms with van der Waals surface area (Å²) in [6.07, 6.45) is 3.08. The van der Waals surface area contributed by atoms with Gasteiger partial charge in [-0.15, -0.1) is 17.9 Å². The fourth-order valence-electron chi connectivity index (χ4n) is 7.13. The largest absolute Gasteiger partial charge is 0.346 e. The van der Waals surface area contributed by atoms with E-state index in [-0.39, 0.29) is 41.0 Å². The average molecular weight is 779 g/mol. The maximum Gasteiger partial charge on any atom is 0.315 e. The normalized spacial score (nSPS) is 21.3. The number of nitrogens with one attached hydrogen (secondary N) is 4. The minimum Gasteiger partial charge on any atom is -0.346 e. The highest BCUT2D eigenvalue weighted by atomic mass is 32.2. The Morgan fingerprint density at radius 3 is 2.21 bits per heavy atom. The second kappa shape index (κ2) is 17.0. The number of rotatable bonds is 17. The lowest BCUT2D eigenvalue weighted by molar-refractivity contribution is -0.145. The van der Waals surface area contributed by atoms with Crippen molar-refractivity contribution in [2.24, 2.45) is 28.1 Å². The van der Waals surface area contributed by atoms with E-state index in [9.17, 15) is 32.4 Å². The first-order chi connectivity index (χ1) is 24.4. The number of carbonyl (C=O) groups excluding carboxylic acids is 5. The van der Waals surface area contributed by atoms with Crippen LogP contribution in [-0.2, 0) is 29.2 Å². The number of ketones is 1. The quantitative estimate of drug-likeness (QED) is 0.135. The third kappa shape index (κ3) is 10.3. The summed E-state index contributed by atoms with van der Waals surface area (Å²) in [6, 6.07) is -1.47. The molecule has 1 saturated carbocycles. The van der Waals surface area contributed by atoms with Crippen LogP contribution in [0.5, 0.6) is 0 Å². The highest BCUT2D eigenvalue weighted by Crippen LogP contribution is 2.65. The van der Waals surface area contributed by atoms with Crippen molar-refractivity contribution in [1.29, 1.82) is 0 Å². The number of Topliss-reactive ketones (excluding diaryl/α,β-unsaturated/α-hetero) is 1. The number of urea groups is 1. The van der Waals surface area contributed by atoms with Gasteiger partial charge in [0.15, 0.2) is 0 Å². The van der Waals surface area contributed by atoms with E-state index < -0.39 is 80.6 Å². The summed E-state index contributed by atoms with van der Waals surface area (Å²) in [5.74, 6) is -2.65. The molecule has 1 aromatic heterocycles. The van der Waals surface area contributed by atoms with Gasteiger partial charge in [-0.05, 0) is 59.8 Å². The van der Waals surface area contributed by atoms with E-state index in [1.54, 1.807) is 31.4 Å². The van der Waals surface area contributed by atoms with Crippen molar-refractivity contribution in [2.45, 2.75) is 130 Å². The van der Waals surface area contributed by atoms with Gasteiger partial charge in [0, 0.05) is 31.7 Å². The Bertz CT molecular complexity index is 1610. The number of sulfonamides is 1. The van der Waals surface area contributed by atoms with Crippen LogP contribution in [0.25, 0.3) is 0 Å². The molecule has 13 nitrogen and oxygen atoms in total. The third-order valence-electron chi connectivity index (χ3n) is 10.6. The standard InChI is InChI=1S/C38H62N6O7S2/c1-13-15-17-25(30(45)33(47)39-19-14-2)40-32(46)29-28-24(38(28,11)12)21-43(29)34(48)31(37(8,9)10)42-35(49)41-26(36(5,6)7)22-44(23(3)4)53(50,51)27-18-16-20-52-27/h14,16,18,20,23-26,28-29,31H,2,13,15,17,19,21-22H2,1,3-12H3,(H,39,47)(H,40,46)(H2,41,42,49)/t24-,25?,26+,28-,29-,31+/m0/s1. The van der Waals surface area contributed by atoms with Crippen LogP contribution in [0.4, 0.5) is 4.79 Å². The SMILES string of the molecule is C=CCNC(=O)C(=O)C(CCCC)NC(=O)[C@@H]1[C@@H]2[C@H](CN1C(=O)[C@@H](NC(=O)N[C@H](CN(C(C)C)S(=O)(=O)c1cccs1)C(C)(C)C)C(C)(C)C)C2(C)C. The molecular weight excluding hydrogens is 717 g/mol. The third-order valence-corrected chi connectivity index (χ3v) is 14.0. The van der Waals surface area contributed by atoms with Crippen LogP contribution in [0.1, 0.15) is 95.4 Å². The highest BCUT2D eigenvalue weighted by molar-refractivity contribution is 7.91. The molecule has 0 spiro atoms. The summed E-state index contributed by atoms with van der Waals surface area (Å²) in [4.78, 5) is 69.7. The first-order valence-corrected chi connectivity index (χ1v) is 20.9. The van der Waals surface area contributed by atoms with Crippen LogP contribution in [0.3, 0.4) is 0 Å². The Morgan fingerprint density at radius 2 is 1.70 bits per heavy atom. The maximum absolute atomic E-state index is 14.5. The van der Waals surface area contributed by atoms with Gasteiger partial charge in [0.05, 0.1) is 6.04 Å². The summed E-state index contributed by atoms with van der Waals surface area (Å²) in [5.41, 5.74) is -1.59. The molecule has 0 radical (unpaired) electrons. The van der Waals surface area contributed by atoms with Gasteiger partial charge in [-0.25, -0.2) is 13.2 Å². The molecule has 6 atom stereocenters. The van der Waals surface area contributed by atoms with Crippen LogP contribution in [0, 0.1) is 28.1 Å². The van der Waals surface area contributed by atoms with Gasteiger partial charge in [0.1, 0.15) is 16.3 Å². The summed E-state index contributed by atoms with van der Waals surface area (Å²) >= 11 is 1.13. The molecule has 0 aromatic carbocycles. The zero-order valence-corrected chi connectivity index (χ0v) is 35.0. The lowest BCUT2D eigenvalue weighted by Crippen LogP contribution is -2.63. The van der Waals surface area contributed by atoms with Gasteiger partial charge in [0.2, 0.25) is 17.6 Å². The molecule has 53 heavy (non-hydrogen) atoms. The second-order valence-corrected chi connectivity index (χ2v) is 20.5. The van der Waals surface area contributed by atoms with Crippen molar-refractivity contribution in [3.63, 3.8) is 0 Å². The number of carbonyl (C=O) groups is 5. The van der Waals surface area contributed by atoms with Crippen LogP contribution in [0.15, 0.2) is 34.4 Å². The van der Waals surface area contributed by atoms with Gasteiger partial charge in [-0.1, -0.05) is 87.3 Å². The average Bonchev–Trinajstić information content (AvgIpc) is 3.51. The topological polar surface area (TPSA) is 174 Å². The summed E-state index contributed by atoms with van der Waals surface area (Å²) < 4.78 is 28.8. The Morgan fingerprint density at radius 1 is 1.06 bits per heavy atom. The molecule has 1 aliphatic carbocycles. The Balaban J connectivity index is 1.87. The van der Waals surface area contributed by atoms with Crippen LogP contribution >= 0.6 is 11.3 Å². The predicted molar refractivity (Wildman–Crippen MR) is 207 cm³/mol. The van der Waals surface area contributed by atoms with E-state index in [0.29, 0.717) is 13.0 Å². The summed E-state index contributed by atoms with van der Waals surface area (Å²) in [6.45, 7) is 24.8.